The number of allylic oxidation sites excluding steroid dienone is 1. The minimum atomic E-state index is 0.811. The van der Waals surface area contributed by atoms with E-state index in [9.17, 15) is 5.26 Å². The van der Waals surface area contributed by atoms with Gasteiger partial charge in [0.05, 0.1) is 28.8 Å². The summed E-state index contributed by atoms with van der Waals surface area (Å²) in [5.41, 5.74) is 8.71. The number of nitrogens with zero attached hydrogens (tertiary/aromatic N) is 3. The summed E-state index contributed by atoms with van der Waals surface area (Å²) in [7, 11) is 0. The highest BCUT2D eigenvalue weighted by molar-refractivity contribution is 5.89. The molecule has 2 aliphatic heterocycles. The molecule has 2 aliphatic rings. The van der Waals surface area contributed by atoms with Crippen LogP contribution in [0.1, 0.15) is 11.1 Å². The van der Waals surface area contributed by atoms with Crippen molar-refractivity contribution in [3.8, 4) is 29.1 Å². The third-order valence-corrected chi connectivity index (χ3v) is 7.95. The fraction of sp³-hybridized carbons (Fsp3) is 0. The van der Waals surface area contributed by atoms with Crippen molar-refractivity contribution in [2.45, 2.75) is 0 Å². The van der Waals surface area contributed by atoms with Crippen molar-refractivity contribution in [3.63, 3.8) is 0 Å². The molecule has 0 N–H and O–H groups in total. The zero-order chi connectivity index (χ0) is 29.5. The third-order valence-electron chi connectivity index (χ3n) is 7.95. The highest BCUT2D eigenvalue weighted by Gasteiger charge is 2.26. The van der Waals surface area contributed by atoms with Crippen LogP contribution in [0.4, 0.5) is 34.1 Å². The first-order valence-electron chi connectivity index (χ1n) is 14.4. The minimum Gasteiger partial charge on any atom is -0.453 e. The molecule has 0 aliphatic carbocycles. The zero-order valence-electron chi connectivity index (χ0n) is 23.6. The quantitative estimate of drug-likeness (QED) is 0.198. The molecule has 0 bridgehead atoms. The Hall–Kier alpha value is -6.25. The standard InChI is InChI=1S/C39H25N3O2/c40-26-25-31(27-17-21-29(22-18-27)41-32-9-1-5-13-36(32)43-37-14-6-2-10-33(37)41)28-19-23-30(24-20-28)42-34-11-3-7-15-38(34)44-39-16-8-4-12-35(39)42/h1-25H. The monoisotopic (exact) mass is 567 g/mol. The van der Waals surface area contributed by atoms with Crippen LogP contribution in [0.25, 0.3) is 5.57 Å². The van der Waals surface area contributed by atoms with Gasteiger partial charge in [-0.2, -0.15) is 5.26 Å². The highest BCUT2D eigenvalue weighted by Crippen LogP contribution is 2.51. The van der Waals surface area contributed by atoms with Crippen LogP contribution in [0.2, 0.25) is 0 Å². The fourth-order valence-electron chi connectivity index (χ4n) is 5.94. The molecule has 0 fully saturated rings. The van der Waals surface area contributed by atoms with Gasteiger partial charge in [0.2, 0.25) is 0 Å². The largest absolute Gasteiger partial charge is 0.453 e. The molecular weight excluding hydrogens is 542 g/mol. The first-order chi connectivity index (χ1) is 21.8. The molecule has 0 aromatic heterocycles. The van der Waals surface area contributed by atoms with E-state index in [0.29, 0.717) is 0 Å². The van der Waals surface area contributed by atoms with Crippen LogP contribution < -0.4 is 19.3 Å². The van der Waals surface area contributed by atoms with Gasteiger partial charge in [0, 0.05) is 17.5 Å². The van der Waals surface area contributed by atoms with Gasteiger partial charge >= 0.3 is 0 Å². The molecule has 5 nitrogen and oxygen atoms in total. The molecule has 0 unspecified atom stereocenters. The number of anilines is 6. The number of nitriles is 1. The smallest absolute Gasteiger partial charge is 0.151 e. The van der Waals surface area contributed by atoms with E-state index in [1.165, 1.54) is 0 Å². The molecule has 2 heterocycles. The molecule has 0 amide bonds. The van der Waals surface area contributed by atoms with Gasteiger partial charge in [0.1, 0.15) is 0 Å². The van der Waals surface area contributed by atoms with Gasteiger partial charge in [0.15, 0.2) is 23.0 Å². The maximum Gasteiger partial charge on any atom is 0.151 e. The van der Waals surface area contributed by atoms with Gasteiger partial charge < -0.3 is 19.3 Å². The Labute approximate surface area is 255 Å². The minimum absolute atomic E-state index is 0.811. The normalized spacial score (nSPS) is 12.3. The lowest BCUT2D eigenvalue weighted by Crippen LogP contribution is -2.15. The fourth-order valence-corrected chi connectivity index (χ4v) is 5.94. The number of hydrogen-bond donors (Lipinski definition) is 0. The van der Waals surface area contributed by atoms with Gasteiger partial charge in [-0.1, -0.05) is 72.8 Å². The van der Waals surface area contributed by atoms with E-state index in [0.717, 1.165) is 73.8 Å². The average Bonchev–Trinajstić information content (AvgIpc) is 3.09. The van der Waals surface area contributed by atoms with Crippen LogP contribution in [-0.2, 0) is 0 Å². The van der Waals surface area contributed by atoms with Crippen molar-refractivity contribution >= 4 is 39.7 Å². The molecule has 0 saturated carbocycles. The molecule has 6 aromatic carbocycles. The predicted molar refractivity (Wildman–Crippen MR) is 175 cm³/mol. The first-order valence-corrected chi connectivity index (χ1v) is 14.4. The second kappa shape index (κ2) is 10.5. The summed E-state index contributed by atoms with van der Waals surface area (Å²) in [6, 6.07) is 51.1. The molecule has 44 heavy (non-hydrogen) atoms. The Morgan fingerprint density at radius 2 is 0.773 bits per heavy atom. The van der Waals surface area contributed by atoms with E-state index in [4.69, 9.17) is 9.47 Å². The summed E-state index contributed by atoms with van der Waals surface area (Å²) >= 11 is 0. The molecule has 5 heteroatoms. The summed E-state index contributed by atoms with van der Waals surface area (Å²) in [5.74, 6) is 3.24. The van der Waals surface area contributed by atoms with Gasteiger partial charge in [0.25, 0.3) is 0 Å². The SMILES string of the molecule is N#CC=C(c1ccc(N2c3ccccc3Oc3ccccc32)cc1)c1ccc(N2c3ccccc3Oc3ccccc32)cc1. The lowest BCUT2D eigenvalue weighted by atomic mass is 9.96. The Bertz CT molecular complexity index is 1860. The van der Waals surface area contributed by atoms with Crippen molar-refractivity contribution in [2.24, 2.45) is 0 Å². The van der Waals surface area contributed by atoms with Crippen LogP contribution in [0.15, 0.2) is 152 Å². The Kier molecular flexibility index (Phi) is 6.10. The second-order valence-corrected chi connectivity index (χ2v) is 10.5. The van der Waals surface area contributed by atoms with Gasteiger partial charge in [-0.05, 0) is 89.5 Å². The van der Waals surface area contributed by atoms with Crippen LogP contribution in [-0.4, -0.2) is 0 Å². The van der Waals surface area contributed by atoms with Crippen LogP contribution >= 0.6 is 0 Å². The molecular formula is C39H25N3O2. The molecule has 0 saturated heterocycles. The predicted octanol–water partition coefficient (Wildman–Crippen LogP) is 10.8. The summed E-state index contributed by atoms with van der Waals surface area (Å²) in [5, 5.41) is 9.74. The Morgan fingerprint density at radius 3 is 1.09 bits per heavy atom. The van der Waals surface area contributed by atoms with Crippen molar-refractivity contribution in [1.29, 1.82) is 5.26 Å². The van der Waals surface area contributed by atoms with E-state index in [-0.39, 0.29) is 0 Å². The topological polar surface area (TPSA) is 48.7 Å². The van der Waals surface area contributed by atoms with E-state index in [1.807, 2.05) is 72.8 Å². The molecule has 0 spiro atoms. The highest BCUT2D eigenvalue weighted by atomic mass is 16.5. The Morgan fingerprint density at radius 1 is 0.455 bits per heavy atom. The molecule has 208 valence electrons. The molecule has 8 rings (SSSR count). The van der Waals surface area contributed by atoms with Gasteiger partial charge in [-0.15, -0.1) is 0 Å². The lowest BCUT2D eigenvalue weighted by molar-refractivity contribution is 0.477. The summed E-state index contributed by atoms with van der Waals surface area (Å²) in [6.07, 6.45) is 1.61. The lowest BCUT2D eigenvalue weighted by Gasteiger charge is -2.33. The molecule has 0 radical (unpaired) electrons. The summed E-state index contributed by atoms with van der Waals surface area (Å²) in [6.45, 7) is 0. The number of benzene rings is 6. The number of fused-ring (bicyclic) bond motifs is 4. The maximum absolute atomic E-state index is 9.74. The number of para-hydroxylation sites is 8. The first kappa shape index (κ1) is 25.5. The van der Waals surface area contributed by atoms with E-state index >= 15 is 0 Å². The second-order valence-electron chi connectivity index (χ2n) is 10.5. The third kappa shape index (κ3) is 4.25. The van der Waals surface area contributed by atoms with Crippen molar-refractivity contribution in [2.75, 3.05) is 9.80 Å². The maximum atomic E-state index is 9.74. The van der Waals surface area contributed by atoms with Crippen molar-refractivity contribution < 1.29 is 9.47 Å². The number of ether oxygens (including phenoxy) is 2. The number of hydrogen-bond acceptors (Lipinski definition) is 5. The number of rotatable bonds is 4. The van der Waals surface area contributed by atoms with Gasteiger partial charge in [-0.3, -0.25) is 0 Å². The van der Waals surface area contributed by atoms with E-state index in [1.54, 1.807) is 6.08 Å². The van der Waals surface area contributed by atoms with Gasteiger partial charge in [-0.25, -0.2) is 0 Å². The average molecular weight is 568 g/mol. The summed E-state index contributed by atoms with van der Waals surface area (Å²) in [4.78, 5) is 4.41. The van der Waals surface area contributed by atoms with E-state index < -0.39 is 0 Å². The Balaban J connectivity index is 1.14. The van der Waals surface area contributed by atoms with Crippen molar-refractivity contribution in [1.82, 2.24) is 0 Å². The summed E-state index contributed by atoms with van der Waals surface area (Å²) < 4.78 is 12.4. The molecule has 0 atom stereocenters. The van der Waals surface area contributed by atoms with Crippen LogP contribution in [0.3, 0.4) is 0 Å². The molecule has 6 aromatic rings. The van der Waals surface area contributed by atoms with Crippen LogP contribution in [0, 0.1) is 11.3 Å². The van der Waals surface area contributed by atoms with Crippen LogP contribution in [0.5, 0.6) is 23.0 Å². The van der Waals surface area contributed by atoms with E-state index in [2.05, 4.69) is 88.7 Å². The van der Waals surface area contributed by atoms with Crippen molar-refractivity contribution in [3.05, 3.63) is 163 Å². The zero-order valence-corrected chi connectivity index (χ0v) is 23.6.